The molecule has 2 aliphatic rings. The summed E-state index contributed by atoms with van der Waals surface area (Å²) in [5, 5.41) is 0. The summed E-state index contributed by atoms with van der Waals surface area (Å²) in [5.41, 5.74) is 6.64. The Balaban J connectivity index is 1.54. The summed E-state index contributed by atoms with van der Waals surface area (Å²) >= 11 is 0. The highest BCUT2D eigenvalue weighted by molar-refractivity contribution is 7.40. The molecule has 0 saturated carbocycles. The van der Waals surface area contributed by atoms with Crippen molar-refractivity contribution in [3.8, 4) is 0 Å². The average Bonchev–Trinajstić information content (AvgIpc) is 2.85. The molecule has 1 N–H and O–H groups in total. The molecule has 0 atom stereocenters. The van der Waals surface area contributed by atoms with Crippen LogP contribution in [0.25, 0.3) is 11.1 Å². The van der Waals surface area contributed by atoms with Gasteiger partial charge < -0.3 is 13.9 Å². The van der Waals surface area contributed by atoms with E-state index in [1.54, 1.807) is 0 Å². The van der Waals surface area contributed by atoms with Gasteiger partial charge in [0.05, 0.1) is 0 Å². The van der Waals surface area contributed by atoms with E-state index in [-0.39, 0.29) is 0 Å². The van der Waals surface area contributed by atoms with Crippen LogP contribution in [0.15, 0.2) is 120 Å². The van der Waals surface area contributed by atoms with Crippen LogP contribution < -0.4 is 0 Å². The minimum atomic E-state index is -2.14. The molecule has 2 aliphatic carbocycles. The highest BCUT2D eigenvalue weighted by Crippen LogP contribution is 2.45. The van der Waals surface area contributed by atoms with Crippen molar-refractivity contribution in [1.29, 1.82) is 0 Å². The molecule has 4 rings (SSSR count). The van der Waals surface area contributed by atoms with Crippen molar-refractivity contribution in [2.75, 3.05) is 0 Å². The zero-order valence-corrected chi connectivity index (χ0v) is 19.3. The molecule has 0 unspecified atom stereocenters. The van der Waals surface area contributed by atoms with Crippen molar-refractivity contribution in [3.63, 3.8) is 0 Å². The maximum atomic E-state index is 10.7. The van der Waals surface area contributed by atoms with Gasteiger partial charge in [-0.25, -0.2) is 0 Å². The van der Waals surface area contributed by atoms with Crippen LogP contribution in [0.5, 0.6) is 0 Å². The van der Waals surface area contributed by atoms with Crippen LogP contribution in [0.1, 0.15) is 37.8 Å². The zero-order valence-electron chi connectivity index (χ0n) is 18.4. The fourth-order valence-electron chi connectivity index (χ4n) is 3.84. The van der Waals surface area contributed by atoms with Gasteiger partial charge in [-0.3, -0.25) is 0 Å². The Labute approximate surface area is 191 Å². The molecule has 0 spiro atoms. The summed E-state index contributed by atoms with van der Waals surface area (Å²) < 4.78 is 11.9. The van der Waals surface area contributed by atoms with E-state index in [1.807, 2.05) is 60.7 Å². The largest absolute Gasteiger partial charge is 0.460 e. The maximum absolute atomic E-state index is 10.7. The average molecular weight is 442 g/mol. The van der Waals surface area contributed by atoms with Crippen LogP contribution in [0, 0.1) is 0 Å². The summed E-state index contributed by atoms with van der Waals surface area (Å²) in [6, 6.07) is 20.4. The van der Waals surface area contributed by atoms with E-state index < -0.39 is 8.60 Å². The van der Waals surface area contributed by atoms with Gasteiger partial charge in [0.2, 0.25) is 0 Å². The lowest BCUT2D eigenvalue weighted by Crippen LogP contribution is -2.03. The fraction of sp³-hybridized carbons (Fsp3) is 0.143. The first-order valence-corrected chi connectivity index (χ1v) is 11.9. The molecule has 3 nitrogen and oxygen atoms in total. The lowest BCUT2D eigenvalue weighted by Gasteiger charge is -2.23. The summed E-state index contributed by atoms with van der Waals surface area (Å²) in [6.07, 6.45) is 13.4. The lowest BCUT2D eigenvalue weighted by atomic mass is 9.95. The molecule has 4 heteroatoms. The minimum absolute atomic E-state index is 0.653. The maximum Gasteiger partial charge on any atom is 0.460 e. The summed E-state index contributed by atoms with van der Waals surface area (Å²) in [6.45, 7) is 4.17. The van der Waals surface area contributed by atoms with Crippen LogP contribution in [-0.2, 0) is 9.05 Å². The van der Waals surface area contributed by atoms with Crippen molar-refractivity contribution in [2.45, 2.75) is 26.7 Å². The molecule has 0 heterocycles. The van der Waals surface area contributed by atoms with E-state index in [1.165, 1.54) is 0 Å². The van der Waals surface area contributed by atoms with E-state index in [2.05, 4.69) is 50.3 Å². The Morgan fingerprint density at radius 3 is 1.50 bits per heavy atom. The quantitative estimate of drug-likeness (QED) is 0.463. The lowest BCUT2D eigenvalue weighted by molar-refractivity contribution is 0.290. The Kier molecular flexibility index (Phi) is 7.21. The predicted octanol–water partition coefficient (Wildman–Crippen LogP) is 7.87. The first-order chi connectivity index (χ1) is 15.6. The number of rotatable bonds is 6. The number of hydrogen-bond donors (Lipinski definition) is 1. The number of benzene rings is 2. The Morgan fingerprint density at radius 2 is 1.09 bits per heavy atom. The van der Waals surface area contributed by atoms with Gasteiger partial charge in [0, 0.05) is 11.1 Å². The summed E-state index contributed by atoms with van der Waals surface area (Å²) in [5.74, 6) is 1.31. The van der Waals surface area contributed by atoms with E-state index in [0.717, 1.165) is 46.3 Å². The van der Waals surface area contributed by atoms with E-state index in [9.17, 15) is 4.89 Å². The first kappa shape index (κ1) is 22.1. The zero-order chi connectivity index (χ0) is 22.3. The van der Waals surface area contributed by atoms with Gasteiger partial charge in [-0.15, -0.1) is 0 Å². The van der Waals surface area contributed by atoms with E-state index in [4.69, 9.17) is 9.05 Å². The molecular formula is C28H27O3P. The Hall–Kier alpha value is -3.13. The van der Waals surface area contributed by atoms with Gasteiger partial charge in [-0.05, 0) is 61.1 Å². The highest BCUT2D eigenvalue weighted by Gasteiger charge is 2.22. The second kappa shape index (κ2) is 10.5. The SMILES string of the molecule is CC(=C1CC=CC=C1OP(O)OC1=CC=CCC1=C(C)c1ccccc1)c1ccccc1. The van der Waals surface area contributed by atoms with Gasteiger partial charge in [0.25, 0.3) is 0 Å². The smallest absolute Gasteiger partial charge is 0.418 e. The van der Waals surface area contributed by atoms with Crippen molar-refractivity contribution in [3.05, 3.63) is 131 Å². The second-order valence-electron chi connectivity index (χ2n) is 7.69. The van der Waals surface area contributed by atoms with E-state index >= 15 is 0 Å². The molecule has 0 amide bonds. The predicted molar refractivity (Wildman–Crippen MR) is 133 cm³/mol. The monoisotopic (exact) mass is 442 g/mol. The van der Waals surface area contributed by atoms with Gasteiger partial charge in [0.1, 0.15) is 11.5 Å². The molecule has 0 radical (unpaired) electrons. The van der Waals surface area contributed by atoms with Gasteiger partial charge in [-0.1, -0.05) is 85.0 Å². The first-order valence-electron chi connectivity index (χ1n) is 10.7. The molecule has 0 aliphatic heterocycles. The van der Waals surface area contributed by atoms with Gasteiger partial charge >= 0.3 is 8.60 Å². The molecule has 0 bridgehead atoms. The van der Waals surface area contributed by atoms with Crippen molar-refractivity contribution in [1.82, 2.24) is 0 Å². The van der Waals surface area contributed by atoms with Crippen LogP contribution in [-0.4, -0.2) is 4.89 Å². The molecule has 162 valence electrons. The normalized spacial score (nSPS) is 19.6. The fourth-order valence-corrected chi connectivity index (χ4v) is 4.56. The Bertz CT molecular complexity index is 1040. The minimum Gasteiger partial charge on any atom is -0.418 e. The summed E-state index contributed by atoms with van der Waals surface area (Å²) in [4.78, 5) is 10.7. The standard InChI is InChI=1S/C28H27O3P/c1-21(23-13-5-3-6-14-23)25-17-9-11-19-27(25)30-32(29)31-28-20-12-10-18-26(28)22(2)24-15-7-4-8-16-24/h3-16,19-20,29H,17-18H2,1-2H3. The van der Waals surface area contributed by atoms with Crippen LogP contribution in [0.4, 0.5) is 0 Å². The topological polar surface area (TPSA) is 38.7 Å². The summed E-state index contributed by atoms with van der Waals surface area (Å²) in [7, 11) is -2.14. The van der Waals surface area contributed by atoms with Gasteiger partial charge in [0.15, 0.2) is 0 Å². The van der Waals surface area contributed by atoms with Crippen molar-refractivity contribution >= 4 is 19.7 Å². The molecule has 0 fully saturated rings. The molecule has 0 aromatic heterocycles. The third kappa shape index (κ3) is 5.19. The number of hydrogen-bond acceptors (Lipinski definition) is 3. The molecular weight excluding hydrogens is 415 g/mol. The van der Waals surface area contributed by atoms with E-state index in [0.29, 0.717) is 11.5 Å². The van der Waals surface area contributed by atoms with Gasteiger partial charge in [-0.2, -0.15) is 0 Å². The highest BCUT2D eigenvalue weighted by atomic mass is 31.2. The third-order valence-corrected chi connectivity index (χ3v) is 6.38. The molecule has 0 saturated heterocycles. The molecule has 32 heavy (non-hydrogen) atoms. The van der Waals surface area contributed by atoms with Crippen LogP contribution in [0.3, 0.4) is 0 Å². The second-order valence-corrected chi connectivity index (χ2v) is 8.53. The molecule has 2 aromatic carbocycles. The molecule has 2 aromatic rings. The Morgan fingerprint density at radius 1 is 0.688 bits per heavy atom. The van der Waals surface area contributed by atoms with Crippen LogP contribution in [0.2, 0.25) is 0 Å². The van der Waals surface area contributed by atoms with Crippen molar-refractivity contribution in [2.24, 2.45) is 0 Å². The third-order valence-electron chi connectivity index (χ3n) is 5.68. The van der Waals surface area contributed by atoms with Crippen molar-refractivity contribution < 1.29 is 13.9 Å². The van der Waals surface area contributed by atoms with Crippen LogP contribution >= 0.6 is 8.60 Å². The number of allylic oxidation sites excluding steroid dienone is 10.